The van der Waals surface area contributed by atoms with Crippen LogP contribution in [-0.4, -0.2) is 11.3 Å². The summed E-state index contributed by atoms with van der Waals surface area (Å²) in [5.41, 5.74) is 6.72. The van der Waals surface area contributed by atoms with Gasteiger partial charge in [0.05, 0.1) is 11.4 Å². The minimum Gasteiger partial charge on any atom is -0.298 e. The Kier molecular flexibility index (Phi) is 3.84. The summed E-state index contributed by atoms with van der Waals surface area (Å²) in [7, 11) is 0. The van der Waals surface area contributed by atoms with Crippen LogP contribution in [0.25, 0.3) is 22.5 Å². The molecule has 2 heteroatoms. The number of benzene rings is 2. The quantitative estimate of drug-likeness (QED) is 0.645. The van der Waals surface area contributed by atoms with Crippen molar-refractivity contribution in [3.8, 4) is 22.5 Å². The first-order chi connectivity index (χ1) is 10.7. The van der Waals surface area contributed by atoms with Crippen LogP contribution in [0.15, 0.2) is 60.7 Å². The number of rotatable bonds is 3. The molecule has 0 aliphatic carbocycles. The number of nitrogens with zero attached hydrogens (tertiary/aromatic N) is 1. The van der Waals surface area contributed by atoms with E-state index in [0.717, 1.165) is 28.8 Å². The Labute approximate surface area is 130 Å². The SMILES string of the molecule is Cc1ccc(-c2cc(C=O)cc(-c3ccc(C)cc3)n2)cc1. The van der Waals surface area contributed by atoms with E-state index in [1.165, 1.54) is 11.1 Å². The van der Waals surface area contributed by atoms with Gasteiger partial charge in [0.15, 0.2) is 0 Å². The molecule has 0 aliphatic rings. The smallest absolute Gasteiger partial charge is 0.150 e. The Morgan fingerprint density at radius 3 is 1.50 bits per heavy atom. The van der Waals surface area contributed by atoms with Crippen LogP contribution in [0.2, 0.25) is 0 Å². The first-order valence-corrected chi connectivity index (χ1v) is 7.27. The maximum absolute atomic E-state index is 11.3. The topological polar surface area (TPSA) is 30.0 Å². The van der Waals surface area contributed by atoms with Gasteiger partial charge in [-0.15, -0.1) is 0 Å². The molecule has 3 aromatic rings. The molecule has 1 aromatic heterocycles. The summed E-state index contributed by atoms with van der Waals surface area (Å²) in [4.78, 5) is 16.0. The molecule has 0 fully saturated rings. The van der Waals surface area contributed by atoms with Crippen molar-refractivity contribution in [2.24, 2.45) is 0 Å². The molecule has 1 heterocycles. The van der Waals surface area contributed by atoms with Gasteiger partial charge >= 0.3 is 0 Å². The van der Waals surface area contributed by atoms with E-state index in [1.54, 1.807) is 0 Å². The van der Waals surface area contributed by atoms with Crippen LogP contribution in [0.1, 0.15) is 21.5 Å². The average Bonchev–Trinajstić information content (AvgIpc) is 2.55. The molecule has 0 bridgehead atoms. The molecule has 0 amide bonds. The Bertz CT molecular complexity index is 738. The summed E-state index contributed by atoms with van der Waals surface area (Å²) in [6.45, 7) is 4.10. The highest BCUT2D eigenvalue weighted by Gasteiger charge is 2.07. The van der Waals surface area contributed by atoms with Gasteiger partial charge in [-0.05, 0) is 26.0 Å². The Morgan fingerprint density at radius 2 is 1.14 bits per heavy atom. The molecule has 0 radical (unpaired) electrons. The molecule has 0 atom stereocenters. The third kappa shape index (κ3) is 2.96. The predicted octanol–water partition coefficient (Wildman–Crippen LogP) is 4.84. The normalized spacial score (nSPS) is 10.5. The average molecular weight is 287 g/mol. The van der Waals surface area contributed by atoms with Crippen LogP contribution >= 0.6 is 0 Å². The molecule has 3 rings (SSSR count). The zero-order valence-electron chi connectivity index (χ0n) is 12.7. The van der Waals surface area contributed by atoms with Crippen LogP contribution in [0.4, 0.5) is 0 Å². The Morgan fingerprint density at radius 1 is 0.727 bits per heavy atom. The van der Waals surface area contributed by atoms with Gasteiger partial charge in [-0.3, -0.25) is 4.79 Å². The van der Waals surface area contributed by atoms with Crippen molar-refractivity contribution >= 4 is 6.29 Å². The van der Waals surface area contributed by atoms with Crippen LogP contribution in [0.5, 0.6) is 0 Å². The van der Waals surface area contributed by atoms with E-state index in [1.807, 2.05) is 36.4 Å². The molecule has 22 heavy (non-hydrogen) atoms. The lowest BCUT2D eigenvalue weighted by Crippen LogP contribution is -1.92. The van der Waals surface area contributed by atoms with Gasteiger partial charge in [0.2, 0.25) is 0 Å². The van der Waals surface area contributed by atoms with Crippen molar-refractivity contribution < 1.29 is 4.79 Å². The number of aryl methyl sites for hydroxylation is 2. The predicted molar refractivity (Wildman–Crippen MR) is 90.0 cm³/mol. The van der Waals surface area contributed by atoms with Crippen LogP contribution < -0.4 is 0 Å². The van der Waals surface area contributed by atoms with Crippen molar-refractivity contribution in [2.75, 3.05) is 0 Å². The lowest BCUT2D eigenvalue weighted by molar-refractivity contribution is 0.112. The van der Waals surface area contributed by atoms with Gasteiger partial charge in [0.1, 0.15) is 6.29 Å². The zero-order valence-corrected chi connectivity index (χ0v) is 12.7. The van der Waals surface area contributed by atoms with Gasteiger partial charge < -0.3 is 0 Å². The molecule has 0 N–H and O–H groups in total. The summed E-state index contributed by atoms with van der Waals surface area (Å²) in [5, 5.41) is 0. The molecular weight excluding hydrogens is 270 g/mol. The Balaban J connectivity index is 2.12. The molecule has 2 aromatic carbocycles. The molecule has 0 spiro atoms. The van der Waals surface area contributed by atoms with Crippen LogP contribution in [-0.2, 0) is 0 Å². The lowest BCUT2D eigenvalue weighted by atomic mass is 10.0. The van der Waals surface area contributed by atoms with Gasteiger partial charge in [-0.25, -0.2) is 4.98 Å². The first-order valence-electron chi connectivity index (χ1n) is 7.27. The number of aldehydes is 1. The van der Waals surface area contributed by atoms with E-state index < -0.39 is 0 Å². The maximum atomic E-state index is 11.3. The van der Waals surface area contributed by atoms with E-state index in [2.05, 4.69) is 38.1 Å². The largest absolute Gasteiger partial charge is 0.298 e. The number of hydrogen-bond donors (Lipinski definition) is 0. The van der Waals surface area contributed by atoms with Gasteiger partial charge in [0, 0.05) is 16.7 Å². The minimum absolute atomic E-state index is 0.640. The van der Waals surface area contributed by atoms with Crippen molar-refractivity contribution in [3.05, 3.63) is 77.4 Å². The van der Waals surface area contributed by atoms with Crippen molar-refractivity contribution in [2.45, 2.75) is 13.8 Å². The maximum Gasteiger partial charge on any atom is 0.150 e. The minimum atomic E-state index is 0.640. The highest BCUT2D eigenvalue weighted by molar-refractivity contribution is 5.81. The molecule has 0 saturated carbocycles. The van der Waals surface area contributed by atoms with E-state index in [-0.39, 0.29) is 0 Å². The second kappa shape index (κ2) is 5.94. The molecule has 2 nitrogen and oxygen atoms in total. The highest BCUT2D eigenvalue weighted by Crippen LogP contribution is 2.25. The lowest BCUT2D eigenvalue weighted by Gasteiger charge is -2.08. The summed E-state index contributed by atoms with van der Waals surface area (Å²) in [6.07, 6.45) is 0.872. The summed E-state index contributed by atoms with van der Waals surface area (Å²) < 4.78 is 0. The van der Waals surface area contributed by atoms with Crippen molar-refractivity contribution in [1.29, 1.82) is 0 Å². The fourth-order valence-corrected chi connectivity index (χ4v) is 2.36. The van der Waals surface area contributed by atoms with E-state index in [0.29, 0.717) is 5.56 Å². The fourth-order valence-electron chi connectivity index (χ4n) is 2.36. The third-order valence-corrected chi connectivity index (χ3v) is 3.68. The number of pyridine rings is 1. The van der Waals surface area contributed by atoms with Crippen molar-refractivity contribution in [1.82, 2.24) is 4.98 Å². The fraction of sp³-hybridized carbons (Fsp3) is 0.100. The first kappa shape index (κ1) is 14.2. The van der Waals surface area contributed by atoms with E-state index >= 15 is 0 Å². The summed E-state index contributed by atoms with van der Waals surface area (Å²) >= 11 is 0. The van der Waals surface area contributed by atoms with E-state index in [9.17, 15) is 4.79 Å². The van der Waals surface area contributed by atoms with Gasteiger partial charge in [0.25, 0.3) is 0 Å². The summed E-state index contributed by atoms with van der Waals surface area (Å²) in [5.74, 6) is 0. The van der Waals surface area contributed by atoms with Crippen LogP contribution in [0, 0.1) is 13.8 Å². The second-order valence-electron chi connectivity index (χ2n) is 5.52. The standard InChI is InChI=1S/C20H17NO/c1-14-3-7-17(8-4-14)19-11-16(13-22)12-20(21-19)18-9-5-15(2)6-10-18/h3-13H,1-2H3. The molecule has 0 aliphatic heterocycles. The zero-order chi connectivity index (χ0) is 15.5. The monoisotopic (exact) mass is 287 g/mol. The van der Waals surface area contributed by atoms with Crippen molar-refractivity contribution in [3.63, 3.8) is 0 Å². The number of carbonyl (C=O) groups is 1. The van der Waals surface area contributed by atoms with Gasteiger partial charge in [-0.1, -0.05) is 59.7 Å². The number of carbonyl (C=O) groups excluding carboxylic acids is 1. The molecule has 0 unspecified atom stereocenters. The molecule has 0 saturated heterocycles. The van der Waals surface area contributed by atoms with Gasteiger partial charge in [-0.2, -0.15) is 0 Å². The number of aromatic nitrogens is 1. The highest BCUT2D eigenvalue weighted by atomic mass is 16.1. The molecular formula is C20H17NO. The van der Waals surface area contributed by atoms with E-state index in [4.69, 9.17) is 4.98 Å². The molecule has 108 valence electrons. The Hall–Kier alpha value is -2.74. The number of hydrogen-bond acceptors (Lipinski definition) is 2. The second-order valence-corrected chi connectivity index (χ2v) is 5.52. The van der Waals surface area contributed by atoms with Crippen LogP contribution in [0.3, 0.4) is 0 Å². The summed E-state index contributed by atoms with van der Waals surface area (Å²) in [6, 6.07) is 20.0. The third-order valence-electron chi connectivity index (χ3n) is 3.68.